The van der Waals surface area contributed by atoms with Gasteiger partial charge in [-0.3, -0.25) is 4.79 Å². The van der Waals surface area contributed by atoms with E-state index >= 15 is 0 Å². The number of ether oxygens (including phenoxy) is 2. The van der Waals surface area contributed by atoms with Gasteiger partial charge in [0, 0.05) is 34.4 Å². The van der Waals surface area contributed by atoms with Crippen LogP contribution < -0.4 is 10.1 Å². The summed E-state index contributed by atoms with van der Waals surface area (Å²) in [6, 6.07) is 19.8. The van der Waals surface area contributed by atoms with Gasteiger partial charge in [0.1, 0.15) is 23.2 Å². The van der Waals surface area contributed by atoms with Crippen LogP contribution in [0.5, 0.6) is 5.75 Å². The van der Waals surface area contributed by atoms with Gasteiger partial charge in [0.25, 0.3) is 5.91 Å². The summed E-state index contributed by atoms with van der Waals surface area (Å²) in [7, 11) is 2.83. The molecule has 0 unspecified atom stereocenters. The van der Waals surface area contributed by atoms with E-state index in [0.717, 1.165) is 10.9 Å². The molecular formula is C26H21N3O5. The molecule has 0 spiro atoms. The number of nitrogens with one attached hydrogen (secondary N) is 1. The Morgan fingerprint density at radius 3 is 2.71 bits per heavy atom. The van der Waals surface area contributed by atoms with Crippen LogP contribution in [0, 0.1) is 11.3 Å². The van der Waals surface area contributed by atoms with Gasteiger partial charge in [-0.25, -0.2) is 4.79 Å². The van der Waals surface area contributed by atoms with Gasteiger partial charge in [-0.2, -0.15) is 5.26 Å². The highest BCUT2D eigenvalue weighted by Crippen LogP contribution is 2.26. The number of para-hydroxylation sites is 1. The van der Waals surface area contributed by atoms with Gasteiger partial charge in [-0.15, -0.1) is 0 Å². The van der Waals surface area contributed by atoms with E-state index in [1.54, 1.807) is 42.5 Å². The van der Waals surface area contributed by atoms with Crippen LogP contribution in [0.15, 0.2) is 76.9 Å². The van der Waals surface area contributed by atoms with Crippen LogP contribution >= 0.6 is 0 Å². The van der Waals surface area contributed by atoms with Crippen LogP contribution in [0.4, 0.5) is 5.69 Å². The van der Waals surface area contributed by atoms with E-state index < -0.39 is 11.9 Å². The lowest BCUT2D eigenvalue weighted by Gasteiger charge is -2.06. The summed E-state index contributed by atoms with van der Waals surface area (Å²) >= 11 is 0. The molecule has 170 valence electrons. The number of benzene rings is 2. The van der Waals surface area contributed by atoms with E-state index in [4.69, 9.17) is 9.15 Å². The molecule has 0 atom stereocenters. The normalized spacial score (nSPS) is 11.1. The lowest BCUT2D eigenvalue weighted by atomic mass is 10.1. The van der Waals surface area contributed by atoms with Crippen molar-refractivity contribution < 1.29 is 23.5 Å². The van der Waals surface area contributed by atoms with E-state index in [0.29, 0.717) is 29.3 Å². The average Bonchev–Trinajstić information content (AvgIpc) is 3.47. The molecule has 2 aromatic carbocycles. The largest absolute Gasteiger partial charge is 0.497 e. The van der Waals surface area contributed by atoms with Gasteiger partial charge in [0.2, 0.25) is 5.76 Å². The fraction of sp³-hybridized carbons (Fsp3) is 0.115. The van der Waals surface area contributed by atoms with E-state index in [1.807, 2.05) is 41.1 Å². The molecule has 1 N–H and O–H groups in total. The average molecular weight is 455 g/mol. The predicted octanol–water partition coefficient (Wildman–Crippen LogP) is 4.62. The number of aromatic nitrogens is 1. The number of anilines is 1. The summed E-state index contributed by atoms with van der Waals surface area (Å²) in [4.78, 5) is 24.4. The molecule has 0 aliphatic heterocycles. The first-order valence-corrected chi connectivity index (χ1v) is 10.3. The van der Waals surface area contributed by atoms with E-state index in [2.05, 4.69) is 10.1 Å². The van der Waals surface area contributed by atoms with Gasteiger partial charge >= 0.3 is 5.97 Å². The highest BCUT2D eigenvalue weighted by molar-refractivity contribution is 6.10. The number of rotatable bonds is 7. The van der Waals surface area contributed by atoms with Crippen molar-refractivity contribution in [3.8, 4) is 11.8 Å². The fourth-order valence-electron chi connectivity index (χ4n) is 3.57. The number of hydrogen-bond acceptors (Lipinski definition) is 6. The molecule has 0 saturated heterocycles. The first kappa shape index (κ1) is 22.4. The first-order valence-electron chi connectivity index (χ1n) is 10.3. The molecule has 2 heterocycles. The number of carbonyl (C=O) groups excluding carboxylic acids is 2. The molecule has 34 heavy (non-hydrogen) atoms. The van der Waals surface area contributed by atoms with Crippen molar-refractivity contribution in [2.24, 2.45) is 0 Å². The Hall–Kier alpha value is -4.77. The Morgan fingerprint density at radius 1 is 1.12 bits per heavy atom. The summed E-state index contributed by atoms with van der Waals surface area (Å²) < 4.78 is 17.4. The van der Waals surface area contributed by atoms with Gasteiger partial charge in [0.05, 0.1) is 20.8 Å². The molecule has 1 amide bonds. The molecule has 0 aliphatic carbocycles. The van der Waals surface area contributed by atoms with Crippen molar-refractivity contribution in [2.45, 2.75) is 6.54 Å². The van der Waals surface area contributed by atoms with Crippen molar-refractivity contribution in [3.63, 3.8) is 0 Å². The van der Waals surface area contributed by atoms with Gasteiger partial charge in [-0.05, 0) is 36.4 Å². The molecular weight excluding hydrogens is 434 g/mol. The van der Waals surface area contributed by atoms with Crippen LogP contribution in [-0.4, -0.2) is 30.7 Å². The maximum absolute atomic E-state index is 12.8. The quantitative estimate of drug-likeness (QED) is 0.248. The zero-order valence-corrected chi connectivity index (χ0v) is 18.6. The second-order valence-corrected chi connectivity index (χ2v) is 7.34. The molecule has 0 radical (unpaired) electrons. The molecule has 4 rings (SSSR count). The summed E-state index contributed by atoms with van der Waals surface area (Å²) in [6.07, 6.45) is 3.39. The standard InChI is InChI=1S/C26H21N3O5/c1-32-20-7-5-6-19(13-20)28-25(30)17(14-27)12-18-15-29(23-9-4-3-8-22(18)23)16-21-10-11-24(34-21)26(31)33-2/h3-13,15H,16H2,1-2H3,(H,28,30)/b17-12-. The second-order valence-electron chi connectivity index (χ2n) is 7.34. The highest BCUT2D eigenvalue weighted by Gasteiger charge is 2.15. The third kappa shape index (κ3) is 4.69. The third-order valence-electron chi connectivity index (χ3n) is 5.19. The maximum Gasteiger partial charge on any atom is 0.373 e. The smallest absolute Gasteiger partial charge is 0.373 e. The Labute approximate surface area is 195 Å². The van der Waals surface area contributed by atoms with Crippen molar-refractivity contribution in [1.29, 1.82) is 5.26 Å². The number of nitrogens with zero attached hydrogens (tertiary/aromatic N) is 2. The number of esters is 1. The molecule has 4 aromatic rings. The molecule has 0 fully saturated rings. The third-order valence-corrected chi connectivity index (χ3v) is 5.19. The minimum atomic E-state index is -0.548. The van der Waals surface area contributed by atoms with E-state index in [1.165, 1.54) is 14.2 Å². The SMILES string of the molecule is COC(=O)c1ccc(Cn2cc(/C=C(/C#N)C(=O)Nc3cccc(OC)c3)c3ccccc32)o1. The molecule has 8 heteroatoms. The van der Waals surface area contributed by atoms with Crippen molar-refractivity contribution in [3.05, 3.63) is 89.5 Å². The number of methoxy groups -OCH3 is 2. The fourth-order valence-corrected chi connectivity index (χ4v) is 3.57. The van der Waals surface area contributed by atoms with Crippen LogP contribution in [0.3, 0.4) is 0 Å². The van der Waals surface area contributed by atoms with Crippen molar-refractivity contribution in [1.82, 2.24) is 4.57 Å². The highest BCUT2D eigenvalue weighted by atomic mass is 16.5. The minimum Gasteiger partial charge on any atom is -0.497 e. The molecule has 8 nitrogen and oxygen atoms in total. The summed E-state index contributed by atoms with van der Waals surface area (Å²) in [5, 5.41) is 13.3. The summed E-state index contributed by atoms with van der Waals surface area (Å²) in [5.41, 5.74) is 2.06. The van der Waals surface area contributed by atoms with Gasteiger partial charge < -0.3 is 23.8 Å². The Balaban J connectivity index is 1.64. The molecule has 0 saturated carbocycles. The van der Waals surface area contributed by atoms with Gasteiger partial charge in [0.15, 0.2) is 0 Å². The number of hydrogen-bond donors (Lipinski definition) is 1. The number of fused-ring (bicyclic) bond motifs is 1. The monoisotopic (exact) mass is 455 g/mol. The number of furan rings is 1. The molecule has 2 aromatic heterocycles. The summed E-state index contributed by atoms with van der Waals surface area (Å²) in [6.45, 7) is 0.350. The summed E-state index contributed by atoms with van der Waals surface area (Å²) in [5.74, 6) is 0.203. The zero-order valence-electron chi connectivity index (χ0n) is 18.6. The Bertz CT molecular complexity index is 1440. The Kier molecular flexibility index (Phi) is 6.46. The maximum atomic E-state index is 12.8. The van der Waals surface area contributed by atoms with E-state index in [-0.39, 0.29) is 11.3 Å². The topological polar surface area (TPSA) is 106 Å². The number of amides is 1. The second kappa shape index (κ2) is 9.79. The molecule has 0 aliphatic rings. The van der Waals surface area contributed by atoms with Gasteiger partial charge in [-0.1, -0.05) is 24.3 Å². The predicted molar refractivity (Wildman–Crippen MR) is 126 cm³/mol. The zero-order chi connectivity index (χ0) is 24.1. The minimum absolute atomic E-state index is 0.0447. The van der Waals surface area contributed by atoms with Crippen LogP contribution in [0.25, 0.3) is 17.0 Å². The van der Waals surface area contributed by atoms with Crippen LogP contribution in [0.2, 0.25) is 0 Å². The lowest BCUT2D eigenvalue weighted by molar-refractivity contribution is -0.112. The van der Waals surface area contributed by atoms with E-state index in [9.17, 15) is 14.9 Å². The Morgan fingerprint density at radius 2 is 1.94 bits per heavy atom. The lowest BCUT2D eigenvalue weighted by Crippen LogP contribution is -2.13. The number of nitriles is 1. The van der Waals surface area contributed by atoms with Crippen LogP contribution in [-0.2, 0) is 16.1 Å². The van der Waals surface area contributed by atoms with Crippen molar-refractivity contribution >= 4 is 34.5 Å². The molecule has 0 bridgehead atoms. The first-order chi connectivity index (χ1) is 16.5. The van der Waals surface area contributed by atoms with Crippen LogP contribution in [0.1, 0.15) is 21.9 Å². The van der Waals surface area contributed by atoms with Crippen molar-refractivity contribution in [2.75, 3.05) is 19.5 Å². The number of carbonyl (C=O) groups is 2.